The van der Waals surface area contributed by atoms with Gasteiger partial charge >= 0.3 is 6.36 Å². The molecule has 5 rings (SSSR count). The van der Waals surface area contributed by atoms with Crippen molar-refractivity contribution in [3.63, 3.8) is 0 Å². The van der Waals surface area contributed by atoms with Crippen molar-refractivity contribution in [2.45, 2.75) is 44.3 Å². The molecule has 0 aromatic heterocycles. The summed E-state index contributed by atoms with van der Waals surface area (Å²) in [5.74, 6) is 0.770. The van der Waals surface area contributed by atoms with Crippen LogP contribution < -0.4 is 9.47 Å². The van der Waals surface area contributed by atoms with Crippen molar-refractivity contribution >= 4 is 0 Å². The van der Waals surface area contributed by atoms with Gasteiger partial charge in [-0.2, -0.15) is 0 Å². The van der Waals surface area contributed by atoms with Crippen LogP contribution in [0, 0.1) is 0 Å². The molecule has 174 valence electrons. The van der Waals surface area contributed by atoms with E-state index in [-0.39, 0.29) is 17.6 Å². The Morgan fingerprint density at radius 2 is 1.33 bits per heavy atom. The van der Waals surface area contributed by atoms with Gasteiger partial charge in [-0.25, -0.2) is 0 Å². The second kappa shape index (κ2) is 9.33. The van der Waals surface area contributed by atoms with Crippen molar-refractivity contribution < 1.29 is 38.0 Å². The van der Waals surface area contributed by atoms with Crippen LogP contribution in [0.4, 0.5) is 13.2 Å². The molecule has 0 spiro atoms. The molecular weight excluding hydrogens is 437 g/mol. The maximum Gasteiger partial charge on any atom is 0.573 e. The highest BCUT2D eigenvalue weighted by molar-refractivity contribution is 5.47. The predicted octanol–water partition coefficient (Wildman–Crippen LogP) is 5.73. The van der Waals surface area contributed by atoms with Crippen LogP contribution in [0.15, 0.2) is 60.7 Å². The first-order valence-electron chi connectivity index (χ1n) is 10.5. The highest BCUT2D eigenvalue weighted by atomic mass is 19.4. The van der Waals surface area contributed by atoms with Crippen LogP contribution in [0.3, 0.4) is 0 Å². The molecule has 5 nitrogen and oxygen atoms in total. The fourth-order valence-electron chi connectivity index (χ4n) is 4.17. The van der Waals surface area contributed by atoms with E-state index in [1.165, 1.54) is 18.2 Å². The zero-order valence-corrected chi connectivity index (χ0v) is 17.5. The molecule has 2 aliphatic carbocycles. The van der Waals surface area contributed by atoms with Gasteiger partial charge in [0.1, 0.15) is 23.0 Å². The molecule has 2 atom stereocenters. The number of rotatable bonds is 3. The summed E-state index contributed by atoms with van der Waals surface area (Å²) in [7, 11) is 0. The largest absolute Gasteiger partial charge is 0.573 e. The number of hydrogen-bond acceptors (Lipinski definition) is 5. The van der Waals surface area contributed by atoms with Gasteiger partial charge in [0.15, 0.2) is 0 Å². The summed E-state index contributed by atoms with van der Waals surface area (Å²) < 4.78 is 46.2. The predicted molar refractivity (Wildman–Crippen MR) is 114 cm³/mol. The second-order valence-corrected chi connectivity index (χ2v) is 7.90. The van der Waals surface area contributed by atoms with Gasteiger partial charge in [0.2, 0.25) is 0 Å². The number of fused-ring (bicyclic) bond motifs is 2. The van der Waals surface area contributed by atoms with Crippen LogP contribution >= 0.6 is 0 Å². The van der Waals surface area contributed by atoms with Crippen molar-refractivity contribution in [3.8, 4) is 23.0 Å². The van der Waals surface area contributed by atoms with Crippen molar-refractivity contribution in [1.29, 1.82) is 0 Å². The summed E-state index contributed by atoms with van der Waals surface area (Å²) in [5.41, 5.74) is 3.50. The Morgan fingerprint density at radius 3 is 2.00 bits per heavy atom. The summed E-state index contributed by atoms with van der Waals surface area (Å²) in [4.78, 5) is 0. The average Bonchev–Trinajstić information content (AvgIpc) is 3.32. The van der Waals surface area contributed by atoms with Gasteiger partial charge in [0, 0.05) is 11.6 Å². The number of benzene rings is 3. The highest BCUT2D eigenvalue weighted by Crippen LogP contribution is 2.39. The van der Waals surface area contributed by atoms with Gasteiger partial charge < -0.3 is 24.8 Å². The van der Waals surface area contributed by atoms with E-state index in [2.05, 4.69) is 4.74 Å². The average molecular weight is 460 g/mol. The van der Waals surface area contributed by atoms with E-state index in [1.807, 2.05) is 12.1 Å². The third kappa shape index (κ3) is 5.40. The van der Waals surface area contributed by atoms with Crippen LogP contribution in [0.5, 0.6) is 23.0 Å². The van der Waals surface area contributed by atoms with Crippen molar-refractivity contribution in [3.05, 3.63) is 82.9 Å². The van der Waals surface area contributed by atoms with E-state index >= 15 is 0 Å². The number of aliphatic hydroxyl groups is 2. The van der Waals surface area contributed by atoms with Crippen LogP contribution in [0.25, 0.3) is 0 Å². The molecule has 0 radical (unpaired) electrons. The smallest absolute Gasteiger partial charge is 0.508 e. The Morgan fingerprint density at radius 1 is 0.758 bits per heavy atom. The zero-order valence-electron chi connectivity index (χ0n) is 17.5. The number of ether oxygens (including phenoxy) is 2. The van der Waals surface area contributed by atoms with E-state index < -0.39 is 12.5 Å². The summed E-state index contributed by atoms with van der Waals surface area (Å²) in [5, 5.41) is 28.6. The summed E-state index contributed by atoms with van der Waals surface area (Å²) in [6, 6.07) is 16.0. The van der Waals surface area contributed by atoms with Crippen molar-refractivity contribution in [1.82, 2.24) is 0 Å². The maximum absolute atomic E-state index is 12.2. The second-order valence-electron chi connectivity index (χ2n) is 7.90. The lowest BCUT2D eigenvalue weighted by molar-refractivity contribution is -0.274. The van der Waals surface area contributed by atoms with Crippen molar-refractivity contribution in [2.24, 2.45) is 0 Å². The fourth-order valence-corrected chi connectivity index (χ4v) is 4.17. The Hall–Kier alpha value is -3.23. The first-order valence-corrected chi connectivity index (χ1v) is 10.5. The van der Waals surface area contributed by atoms with E-state index in [9.17, 15) is 28.5 Å². The van der Waals surface area contributed by atoms with Crippen LogP contribution in [-0.2, 0) is 12.8 Å². The SMILES string of the molecule is O[C@H]1CCc2c(Oc3cccc(OC(F)(F)F)c3)cccc21.Oc1cccc2c1CC[C@@H]2O. The van der Waals surface area contributed by atoms with E-state index in [4.69, 9.17) is 4.74 Å². The van der Waals surface area contributed by atoms with Gasteiger partial charge in [0.05, 0.1) is 12.2 Å². The number of phenols is 1. The molecule has 0 unspecified atom stereocenters. The number of alkyl halides is 3. The van der Waals surface area contributed by atoms with Crippen LogP contribution in [0.1, 0.15) is 47.3 Å². The minimum absolute atomic E-state index is 0.247. The lowest BCUT2D eigenvalue weighted by Gasteiger charge is -2.13. The Labute approximate surface area is 188 Å². The monoisotopic (exact) mass is 460 g/mol. The molecule has 0 saturated carbocycles. The molecule has 0 fully saturated rings. The lowest BCUT2D eigenvalue weighted by atomic mass is 10.1. The van der Waals surface area contributed by atoms with E-state index in [1.54, 1.807) is 30.3 Å². The molecule has 3 aromatic carbocycles. The molecule has 0 heterocycles. The highest BCUT2D eigenvalue weighted by Gasteiger charge is 2.31. The molecule has 0 amide bonds. The molecule has 33 heavy (non-hydrogen) atoms. The van der Waals surface area contributed by atoms with Gasteiger partial charge in [-0.3, -0.25) is 0 Å². The molecule has 0 aliphatic heterocycles. The third-order valence-electron chi connectivity index (χ3n) is 5.68. The van der Waals surface area contributed by atoms with Gasteiger partial charge in [0.25, 0.3) is 0 Å². The first kappa shape index (κ1) is 22.9. The topological polar surface area (TPSA) is 79.2 Å². The number of halogens is 3. The molecule has 3 aromatic rings. The van der Waals surface area contributed by atoms with Crippen LogP contribution in [0.2, 0.25) is 0 Å². The minimum atomic E-state index is -4.74. The third-order valence-corrected chi connectivity index (χ3v) is 5.68. The normalized spacial score (nSPS) is 18.7. The molecule has 8 heteroatoms. The zero-order chi connectivity index (χ0) is 23.6. The fraction of sp³-hybridized carbons (Fsp3) is 0.280. The number of aromatic hydroxyl groups is 1. The lowest BCUT2D eigenvalue weighted by Crippen LogP contribution is -2.17. The Bertz CT molecular complexity index is 1130. The van der Waals surface area contributed by atoms with E-state index in [0.29, 0.717) is 24.3 Å². The number of phenolic OH excluding ortho intramolecular Hbond substituents is 1. The van der Waals surface area contributed by atoms with Gasteiger partial charge in [-0.15, -0.1) is 13.2 Å². The standard InChI is InChI=1S/C16H13F3O3.C9H10O2/c17-16(18,19)22-11-4-1-3-10(9-11)21-15-6-2-5-12-13(15)7-8-14(12)20;10-8-3-1-2-6-7(8)4-5-9(6)11/h1-6,9,14,20H,7-8H2;1-3,9-11H,4-5H2/t14-;9-/m00/s1. The molecule has 0 bridgehead atoms. The summed E-state index contributed by atoms with van der Waals surface area (Å²) in [6.07, 6.45) is -2.79. The van der Waals surface area contributed by atoms with Gasteiger partial charge in [-0.05, 0) is 66.6 Å². The van der Waals surface area contributed by atoms with Crippen molar-refractivity contribution in [2.75, 3.05) is 0 Å². The summed E-state index contributed by atoms with van der Waals surface area (Å²) >= 11 is 0. The molecule has 2 aliphatic rings. The Kier molecular flexibility index (Phi) is 6.49. The molecular formula is C25H23F3O5. The molecule has 0 saturated heterocycles. The maximum atomic E-state index is 12.2. The van der Waals surface area contributed by atoms with Crippen LogP contribution in [-0.4, -0.2) is 21.7 Å². The van der Waals surface area contributed by atoms with E-state index in [0.717, 1.165) is 35.1 Å². The summed E-state index contributed by atoms with van der Waals surface area (Å²) in [6.45, 7) is 0. The molecule has 3 N–H and O–H groups in total. The Balaban J connectivity index is 0.000000196. The minimum Gasteiger partial charge on any atom is -0.508 e. The first-order chi connectivity index (χ1) is 15.7. The van der Waals surface area contributed by atoms with Gasteiger partial charge in [-0.1, -0.05) is 30.3 Å². The number of hydrogen-bond donors (Lipinski definition) is 3. The number of aliphatic hydroxyl groups excluding tert-OH is 2. The quantitative estimate of drug-likeness (QED) is 0.465.